The zero-order chi connectivity index (χ0) is 17.3. The fraction of sp³-hybridized carbons (Fsp3) is 0.875. The Balaban J connectivity index is 1.85. The average molecular weight is 327 g/mol. The van der Waals surface area contributed by atoms with E-state index in [1.807, 2.05) is 20.8 Å². The first-order valence-electron chi connectivity index (χ1n) is 8.30. The molecule has 23 heavy (non-hydrogen) atoms. The molecule has 0 spiro atoms. The Labute approximate surface area is 137 Å². The Hall–Kier alpha value is -1.34. The molecule has 7 heteroatoms. The molecule has 1 atom stereocenters. The van der Waals surface area contributed by atoms with Crippen molar-refractivity contribution in [1.82, 2.24) is 9.80 Å². The summed E-state index contributed by atoms with van der Waals surface area (Å²) in [4.78, 5) is 27.3. The van der Waals surface area contributed by atoms with E-state index in [2.05, 4.69) is 0 Å². The Bertz CT molecular complexity index is 453. The normalized spacial score (nSPS) is 24.9. The predicted octanol–water partition coefficient (Wildman–Crippen LogP) is 0.556. The number of rotatable bonds is 3. The van der Waals surface area contributed by atoms with Crippen LogP contribution >= 0.6 is 0 Å². The molecule has 2 heterocycles. The molecular weight excluding hydrogens is 298 g/mol. The van der Waals surface area contributed by atoms with E-state index >= 15 is 0 Å². The summed E-state index contributed by atoms with van der Waals surface area (Å²) in [5.74, 6) is 0.247. The van der Waals surface area contributed by atoms with Gasteiger partial charge in [0.15, 0.2) is 0 Å². The van der Waals surface area contributed by atoms with Gasteiger partial charge in [0.05, 0.1) is 5.60 Å². The highest BCUT2D eigenvalue weighted by Crippen LogP contribution is 2.27. The van der Waals surface area contributed by atoms with Crippen molar-refractivity contribution in [3.63, 3.8) is 0 Å². The summed E-state index contributed by atoms with van der Waals surface area (Å²) >= 11 is 0. The molecule has 132 valence electrons. The lowest BCUT2D eigenvalue weighted by molar-refractivity contribution is -0.132. The number of hydrogen-bond donors (Lipinski definition) is 2. The molecule has 2 rings (SSSR count). The van der Waals surface area contributed by atoms with Gasteiger partial charge in [0.25, 0.3) is 0 Å². The number of hydrogen-bond acceptors (Lipinski definition) is 5. The highest BCUT2D eigenvalue weighted by molar-refractivity contribution is 5.78. The maximum atomic E-state index is 12.0. The van der Waals surface area contributed by atoms with E-state index in [4.69, 9.17) is 10.5 Å². The molecule has 2 saturated heterocycles. The molecule has 2 aliphatic heterocycles. The molecule has 2 amide bonds. The summed E-state index contributed by atoms with van der Waals surface area (Å²) in [7, 11) is 0. The Morgan fingerprint density at radius 3 is 2.48 bits per heavy atom. The van der Waals surface area contributed by atoms with Gasteiger partial charge in [-0.2, -0.15) is 0 Å². The molecule has 0 aliphatic carbocycles. The number of β-amino-alcohol motifs (C(OH)–C–C–N with tert-alkyl or cyclic N) is 1. The first kappa shape index (κ1) is 18.0. The largest absolute Gasteiger partial charge is 0.444 e. The van der Waals surface area contributed by atoms with E-state index in [1.165, 1.54) is 0 Å². The number of ether oxygens (including phenoxy) is 1. The number of nitrogens with two attached hydrogens (primary N) is 1. The van der Waals surface area contributed by atoms with Crippen LogP contribution < -0.4 is 5.73 Å². The molecule has 1 unspecified atom stereocenters. The van der Waals surface area contributed by atoms with Crippen molar-refractivity contribution in [3.8, 4) is 0 Å². The van der Waals surface area contributed by atoms with Crippen LogP contribution in [-0.4, -0.2) is 70.8 Å². The van der Waals surface area contributed by atoms with Crippen molar-refractivity contribution in [2.45, 2.75) is 51.2 Å². The van der Waals surface area contributed by atoms with Gasteiger partial charge in [-0.25, -0.2) is 4.79 Å². The van der Waals surface area contributed by atoms with Crippen molar-refractivity contribution >= 4 is 12.0 Å². The molecule has 0 aromatic rings. The van der Waals surface area contributed by atoms with Crippen LogP contribution in [0.15, 0.2) is 0 Å². The van der Waals surface area contributed by atoms with Gasteiger partial charge in [0.2, 0.25) is 5.91 Å². The van der Waals surface area contributed by atoms with Crippen molar-refractivity contribution in [2.24, 2.45) is 11.7 Å². The third kappa shape index (κ3) is 4.81. The van der Waals surface area contributed by atoms with Crippen molar-refractivity contribution in [1.29, 1.82) is 0 Å². The van der Waals surface area contributed by atoms with E-state index in [0.29, 0.717) is 52.0 Å². The zero-order valence-corrected chi connectivity index (χ0v) is 14.4. The molecule has 0 saturated carbocycles. The average Bonchev–Trinajstić information content (AvgIpc) is 2.77. The first-order chi connectivity index (χ1) is 10.6. The van der Waals surface area contributed by atoms with E-state index < -0.39 is 11.2 Å². The van der Waals surface area contributed by atoms with Gasteiger partial charge < -0.3 is 25.4 Å². The van der Waals surface area contributed by atoms with Gasteiger partial charge in [0.1, 0.15) is 5.60 Å². The second-order valence-electron chi connectivity index (χ2n) is 7.77. The summed E-state index contributed by atoms with van der Waals surface area (Å²) in [6, 6.07) is 0. The summed E-state index contributed by atoms with van der Waals surface area (Å²) in [5, 5.41) is 10.7. The summed E-state index contributed by atoms with van der Waals surface area (Å²) in [6.07, 6.45) is 1.02. The minimum absolute atomic E-state index is 0.0587. The smallest absolute Gasteiger partial charge is 0.410 e. The van der Waals surface area contributed by atoms with Crippen LogP contribution in [0.1, 0.15) is 40.0 Å². The van der Waals surface area contributed by atoms with Crippen LogP contribution in [0.25, 0.3) is 0 Å². The van der Waals surface area contributed by atoms with Crippen LogP contribution in [0.2, 0.25) is 0 Å². The van der Waals surface area contributed by atoms with E-state index in [9.17, 15) is 14.7 Å². The number of aliphatic hydroxyl groups is 1. The first-order valence-corrected chi connectivity index (χ1v) is 8.30. The maximum Gasteiger partial charge on any atom is 0.410 e. The molecule has 0 bridgehead atoms. The Morgan fingerprint density at radius 2 is 2.00 bits per heavy atom. The van der Waals surface area contributed by atoms with Crippen LogP contribution in [0.4, 0.5) is 4.79 Å². The van der Waals surface area contributed by atoms with Crippen molar-refractivity contribution < 1.29 is 19.4 Å². The summed E-state index contributed by atoms with van der Waals surface area (Å²) in [5.41, 5.74) is 4.17. The second kappa shape index (κ2) is 6.65. The number of piperidine rings is 1. The standard InChI is InChI=1S/C16H29N3O4/c1-15(2,3)23-14(21)18-6-4-16(22,5-7-18)11-19-10-12(9-17)8-13(19)20/h12,22H,4-11,17H2,1-3H3. The number of likely N-dealkylation sites (tertiary alicyclic amines) is 2. The molecule has 0 aromatic heterocycles. The van der Waals surface area contributed by atoms with E-state index in [1.54, 1.807) is 9.80 Å². The Morgan fingerprint density at radius 1 is 1.39 bits per heavy atom. The van der Waals surface area contributed by atoms with Gasteiger partial charge in [0, 0.05) is 32.6 Å². The van der Waals surface area contributed by atoms with Crippen LogP contribution in [0.5, 0.6) is 0 Å². The SMILES string of the molecule is CC(C)(C)OC(=O)N1CCC(O)(CN2CC(CN)CC2=O)CC1. The predicted molar refractivity (Wildman–Crippen MR) is 85.7 cm³/mol. The lowest BCUT2D eigenvalue weighted by Gasteiger charge is -2.40. The lowest BCUT2D eigenvalue weighted by Crippen LogP contribution is -2.53. The highest BCUT2D eigenvalue weighted by atomic mass is 16.6. The van der Waals surface area contributed by atoms with Gasteiger partial charge in [-0.3, -0.25) is 4.79 Å². The van der Waals surface area contributed by atoms with E-state index in [-0.39, 0.29) is 17.9 Å². The second-order valence-corrected chi connectivity index (χ2v) is 7.77. The lowest BCUT2D eigenvalue weighted by atomic mass is 9.91. The zero-order valence-electron chi connectivity index (χ0n) is 14.4. The number of carbonyl (C=O) groups excluding carboxylic acids is 2. The third-order valence-electron chi connectivity index (χ3n) is 4.46. The Kier molecular flexibility index (Phi) is 5.20. The van der Waals surface area contributed by atoms with Crippen LogP contribution in [0, 0.1) is 5.92 Å². The quantitative estimate of drug-likeness (QED) is 0.789. The molecule has 3 N–H and O–H groups in total. The molecule has 0 aromatic carbocycles. The van der Waals surface area contributed by atoms with Gasteiger partial charge in [-0.1, -0.05) is 0 Å². The molecule has 2 fully saturated rings. The van der Waals surface area contributed by atoms with Crippen molar-refractivity contribution in [3.05, 3.63) is 0 Å². The summed E-state index contributed by atoms with van der Waals surface area (Å²) in [6.45, 7) is 7.81. The number of amides is 2. The molecule has 0 radical (unpaired) electrons. The van der Waals surface area contributed by atoms with E-state index in [0.717, 1.165) is 0 Å². The van der Waals surface area contributed by atoms with Gasteiger partial charge >= 0.3 is 6.09 Å². The molecule has 7 nitrogen and oxygen atoms in total. The topological polar surface area (TPSA) is 96.1 Å². The summed E-state index contributed by atoms with van der Waals surface area (Å²) < 4.78 is 5.35. The van der Waals surface area contributed by atoms with Gasteiger partial charge in [-0.15, -0.1) is 0 Å². The maximum absolute atomic E-state index is 12.0. The van der Waals surface area contributed by atoms with Crippen molar-refractivity contribution in [2.75, 3.05) is 32.7 Å². The highest BCUT2D eigenvalue weighted by Gasteiger charge is 2.40. The van der Waals surface area contributed by atoms with Gasteiger partial charge in [-0.05, 0) is 46.1 Å². The minimum Gasteiger partial charge on any atom is -0.444 e. The minimum atomic E-state index is -0.933. The van der Waals surface area contributed by atoms with Crippen LogP contribution in [0.3, 0.4) is 0 Å². The third-order valence-corrected chi connectivity index (χ3v) is 4.46. The van der Waals surface area contributed by atoms with Crippen LogP contribution in [-0.2, 0) is 9.53 Å². The number of nitrogens with zero attached hydrogens (tertiary/aromatic N) is 2. The molecule has 2 aliphatic rings. The fourth-order valence-electron chi connectivity index (χ4n) is 3.11. The monoisotopic (exact) mass is 327 g/mol. The number of carbonyl (C=O) groups is 2. The fourth-order valence-corrected chi connectivity index (χ4v) is 3.11. The molecular formula is C16H29N3O4.